The summed E-state index contributed by atoms with van der Waals surface area (Å²) in [5.41, 5.74) is 7.37. The number of hydrogen-bond donors (Lipinski definition) is 1. The molecule has 0 bridgehead atoms. The van der Waals surface area contributed by atoms with Crippen molar-refractivity contribution in [3.63, 3.8) is 0 Å². The average molecular weight is 517 g/mol. The summed E-state index contributed by atoms with van der Waals surface area (Å²) < 4.78 is 13.3. The minimum absolute atomic E-state index is 0.0898. The second kappa shape index (κ2) is 8.97. The Morgan fingerprint density at radius 1 is 0.947 bits per heavy atom. The van der Waals surface area contributed by atoms with E-state index in [-0.39, 0.29) is 11.9 Å². The fourth-order valence-corrected chi connectivity index (χ4v) is 4.38. The van der Waals surface area contributed by atoms with Crippen molar-refractivity contribution < 1.29 is 19.1 Å². The number of imide groups is 1. The van der Waals surface area contributed by atoms with E-state index in [9.17, 15) is 9.59 Å². The van der Waals surface area contributed by atoms with Gasteiger partial charge in [-0.3, -0.25) is 4.98 Å². The van der Waals surface area contributed by atoms with Crippen LogP contribution in [0.3, 0.4) is 0 Å². The molecule has 0 spiro atoms. The van der Waals surface area contributed by atoms with Gasteiger partial charge in [-0.25, -0.2) is 19.6 Å². The van der Waals surface area contributed by atoms with Crippen molar-refractivity contribution in [2.75, 3.05) is 10.6 Å². The van der Waals surface area contributed by atoms with Crippen LogP contribution >= 0.6 is 0 Å². The summed E-state index contributed by atoms with van der Waals surface area (Å²) in [5, 5.41) is 2.22. The van der Waals surface area contributed by atoms with Crippen LogP contribution in [0.1, 0.15) is 60.4 Å². The molecule has 0 aliphatic heterocycles. The largest absolute Gasteiger partial charge is 0.443 e. The van der Waals surface area contributed by atoms with Gasteiger partial charge in [0.05, 0.1) is 5.39 Å². The van der Waals surface area contributed by atoms with Gasteiger partial charge < -0.3 is 19.8 Å². The molecular weight excluding hydrogens is 484 g/mol. The monoisotopic (exact) mass is 516 g/mol. The summed E-state index contributed by atoms with van der Waals surface area (Å²) in [6, 6.07) is 5.91. The minimum atomic E-state index is -0.886. The summed E-state index contributed by atoms with van der Waals surface area (Å²) in [4.78, 5) is 41.1. The first-order valence-corrected chi connectivity index (χ1v) is 12.6. The highest BCUT2D eigenvalue weighted by Crippen LogP contribution is 2.45. The lowest BCUT2D eigenvalue weighted by molar-refractivity contribution is 0.0429. The lowest BCUT2D eigenvalue weighted by Gasteiger charge is -2.28. The Kier molecular flexibility index (Phi) is 6.00. The fourth-order valence-electron chi connectivity index (χ4n) is 4.38. The Bertz CT molecular complexity index is 1530. The Labute approximate surface area is 220 Å². The van der Waals surface area contributed by atoms with Gasteiger partial charge >= 0.3 is 12.2 Å². The van der Waals surface area contributed by atoms with E-state index in [2.05, 4.69) is 19.5 Å². The molecule has 0 unspecified atom stereocenters. The molecule has 4 aromatic rings. The number of carbonyl (C=O) groups is 2. The molecule has 3 aromatic heterocycles. The molecule has 10 heteroatoms. The SMILES string of the molecule is CC(C)(C)OC(=O)N(C(=O)OC(C)(C)C)c1ncnc2c1c(-c1ccc(N)c3cnccc13)cn2C1CC1. The number of fused-ring (bicyclic) bond motifs is 2. The first-order valence-electron chi connectivity index (χ1n) is 12.6. The topological polar surface area (TPSA) is 125 Å². The maximum absolute atomic E-state index is 13.5. The molecule has 1 aliphatic rings. The maximum atomic E-state index is 13.5. The van der Waals surface area contributed by atoms with Gasteiger partial charge in [0.25, 0.3) is 0 Å². The Morgan fingerprint density at radius 2 is 1.61 bits per heavy atom. The van der Waals surface area contributed by atoms with Crippen LogP contribution < -0.4 is 10.6 Å². The number of carbonyl (C=O) groups excluding carboxylic acids is 2. The van der Waals surface area contributed by atoms with Crippen LogP contribution in [0.4, 0.5) is 21.1 Å². The lowest BCUT2D eigenvalue weighted by atomic mass is 9.98. The summed E-state index contributed by atoms with van der Waals surface area (Å²) in [5.74, 6) is 0.0898. The molecule has 3 heterocycles. The van der Waals surface area contributed by atoms with Gasteiger partial charge in [-0.2, -0.15) is 4.90 Å². The highest BCUT2D eigenvalue weighted by molar-refractivity contribution is 6.17. The van der Waals surface area contributed by atoms with E-state index < -0.39 is 23.4 Å². The molecule has 0 atom stereocenters. The van der Waals surface area contributed by atoms with E-state index in [1.165, 1.54) is 6.33 Å². The van der Waals surface area contributed by atoms with Gasteiger partial charge in [0.1, 0.15) is 23.2 Å². The van der Waals surface area contributed by atoms with E-state index in [0.717, 1.165) is 39.6 Å². The van der Waals surface area contributed by atoms with E-state index in [1.807, 2.05) is 24.4 Å². The molecule has 0 saturated heterocycles. The van der Waals surface area contributed by atoms with Crippen molar-refractivity contribution >= 4 is 45.5 Å². The number of amides is 2. The van der Waals surface area contributed by atoms with E-state index in [0.29, 0.717) is 16.7 Å². The van der Waals surface area contributed by atoms with Crippen LogP contribution in [0.2, 0.25) is 0 Å². The molecule has 2 N–H and O–H groups in total. The number of benzene rings is 1. The van der Waals surface area contributed by atoms with Crippen LogP contribution in [0.15, 0.2) is 43.1 Å². The van der Waals surface area contributed by atoms with Crippen LogP contribution in [0, 0.1) is 0 Å². The van der Waals surface area contributed by atoms with Crippen molar-refractivity contribution in [3.05, 3.63) is 43.1 Å². The zero-order valence-electron chi connectivity index (χ0n) is 22.5. The summed E-state index contributed by atoms with van der Waals surface area (Å²) in [7, 11) is 0. The van der Waals surface area contributed by atoms with Gasteiger partial charge in [-0.05, 0) is 77.5 Å². The van der Waals surface area contributed by atoms with Crippen LogP contribution in [-0.2, 0) is 9.47 Å². The van der Waals surface area contributed by atoms with Gasteiger partial charge in [-0.15, -0.1) is 0 Å². The van der Waals surface area contributed by atoms with Crippen molar-refractivity contribution in [3.8, 4) is 11.1 Å². The summed E-state index contributed by atoms with van der Waals surface area (Å²) >= 11 is 0. The lowest BCUT2D eigenvalue weighted by Crippen LogP contribution is -2.44. The van der Waals surface area contributed by atoms with E-state index in [4.69, 9.17) is 15.2 Å². The van der Waals surface area contributed by atoms with Crippen molar-refractivity contribution in [1.29, 1.82) is 0 Å². The number of rotatable bonds is 3. The molecule has 1 aliphatic carbocycles. The Morgan fingerprint density at radius 3 is 2.21 bits per heavy atom. The number of nitrogen functional groups attached to an aromatic ring is 1. The Hall–Kier alpha value is -4.21. The molecule has 1 saturated carbocycles. The normalized spacial score (nSPS) is 14.1. The zero-order valence-corrected chi connectivity index (χ0v) is 22.5. The van der Waals surface area contributed by atoms with Crippen molar-refractivity contribution in [1.82, 2.24) is 19.5 Å². The second-order valence-corrected chi connectivity index (χ2v) is 11.5. The van der Waals surface area contributed by atoms with Crippen LogP contribution in [0.25, 0.3) is 32.9 Å². The molecule has 1 fully saturated rings. The average Bonchev–Trinajstić information content (AvgIpc) is 3.58. The molecule has 1 aromatic carbocycles. The second-order valence-electron chi connectivity index (χ2n) is 11.5. The van der Waals surface area contributed by atoms with Gasteiger partial charge in [0.2, 0.25) is 0 Å². The molecule has 10 nitrogen and oxygen atoms in total. The van der Waals surface area contributed by atoms with E-state index >= 15 is 0 Å². The smallest absolute Gasteiger partial charge is 0.425 e. The van der Waals surface area contributed by atoms with Crippen molar-refractivity contribution in [2.45, 2.75) is 71.6 Å². The quantitative estimate of drug-likeness (QED) is 0.317. The van der Waals surface area contributed by atoms with Gasteiger partial charge in [0, 0.05) is 41.3 Å². The van der Waals surface area contributed by atoms with Crippen molar-refractivity contribution in [2.24, 2.45) is 0 Å². The maximum Gasteiger partial charge on any atom is 0.425 e. The molecule has 198 valence electrons. The third-order valence-electron chi connectivity index (χ3n) is 6.04. The number of hydrogen-bond acceptors (Lipinski definition) is 8. The number of pyridine rings is 1. The number of nitrogens with two attached hydrogens (primary N) is 1. The number of aromatic nitrogens is 4. The highest BCUT2D eigenvalue weighted by atomic mass is 16.6. The molecule has 5 rings (SSSR count). The third-order valence-corrected chi connectivity index (χ3v) is 6.04. The summed E-state index contributed by atoms with van der Waals surface area (Å²) in [6.07, 6.45) is 7.04. The van der Waals surface area contributed by atoms with E-state index in [1.54, 1.807) is 53.9 Å². The number of nitrogens with zero attached hydrogens (tertiary/aromatic N) is 5. The number of anilines is 2. The first kappa shape index (κ1) is 25.4. The molecule has 0 radical (unpaired) electrons. The third kappa shape index (κ3) is 4.85. The fraction of sp³-hybridized carbons (Fsp3) is 0.393. The van der Waals surface area contributed by atoms with Crippen LogP contribution in [-0.4, -0.2) is 42.9 Å². The Balaban J connectivity index is 1.79. The summed E-state index contributed by atoms with van der Waals surface area (Å²) in [6.45, 7) is 10.4. The predicted molar refractivity (Wildman–Crippen MR) is 146 cm³/mol. The van der Waals surface area contributed by atoms with Gasteiger partial charge in [0.15, 0.2) is 5.82 Å². The molecule has 2 amide bonds. The highest BCUT2D eigenvalue weighted by Gasteiger charge is 2.37. The standard InChI is InChI=1S/C28H32N6O4/c1-27(2,3)37-25(35)34(26(36)38-28(4,5)6)24-22-20(14-33(16-7-8-16)23(22)31-15-32-24)17-9-10-21(29)19-13-30-12-11-18(17)19/h9-16H,7-8,29H2,1-6H3. The zero-order chi connectivity index (χ0) is 27.4. The molecular formula is C28H32N6O4. The molecule has 38 heavy (non-hydrogen) atoms. The van der Waals surface area contributed by atoms with Gasteiger partial charge in [-0.1, -0.05) is 6.07 Å². The predicted octanol–water partition coefficient (Wildman–Crippen LogP) is 6.24. The van der Waals surface area contributed by atoms with Crippen LogP contribution in [0.5, 0.6) is 0 Å². The minimum Gasteiger partial charge on any atom is -0.443 e. The first-order chi connectivity index (χ1) is 17.8. The number of ether oxygens (including phenoxy) is 2.